The molecule has 0 spiro atoms. The van der Waals surface area contributed by atoms with E-state index in [1.165, 1.54) is 0 Å². The third kappa shape index (κ3) is 3.99. The number of carbonyl (C=O) groups is 1. The number of hydrogen-bond donors (Lipinski definition) is 1. The fourth-order valence-corrected chi connectivity index (χ4v) is 2.91. The van der Waals surface area contributed by atoms with Gasteiger partial charge in [-0.1, -0.05) is 30.3 Å². The number of hydrogen-bond acceptors (Lipinski definition) is 4. The molecule has 5 heteroatoms. The molecule has 2 aromatic rings. The molecule has 1 aliphatic heterocycles. The van der Waals surface area contributed by atoms with E-state index in [9.17, 15) is 4.79 Å². The average Bonchev–Trinajstić information content (AvgIpc) is 3.05. The van der Waals surface area contributed by atoms with Crippen LogP contribution < -0.4 is 5.32 Å². The van der Waals surface area contributed by atoms with E-state index in [0.717, 1.165) is 37.4 Å². The molecule has 1 amide bonds. The Hall–Kier alpha value is -2.14. The molecule has 23 heavy (non-hydrogen) atoms. The van der Waals surface area contributed by atoms with Crippen LogP contribution in [0.1, 0.15) is 25.7 Å². The van der Waals surface area contributed by atoms with Gasteiger partial charge in [0.15, 0.2) is 11.7 Å². The molecule has 1 atom stereocenters. The highest BCUT2D eigenvalue weighted by Gasteiger charge is 2.22. The maximum atomic E-state index is 12.3. The summed E-state index contributed by atoms with van der Waals surface area (Å²) in [5.41, 5.74) is 1.02. The van der Waals surface area contributed by atoms with Gasteiger partial charge in [0.25, 0.3) is 0 Å². The van der Waals surface area contributed by atoms with Crippen LogP contribution in [0, 0.1) is 0 Å². The maximum Gasteiger partial charge on any atom is 0.222 e. The Labute approximate surface area is 136 Å². The van der Waals surface area contributed by atoms with Crippen molar-refractivity contribution in [3.63, 3.8) is 0 Å². The van der Waals surface area contributed by atoms with Gasteiger partial charge in [0.1, 0.15) is 0 Å². The van der Waals surface area contributed by atoms with Crippen molar-refractivity contribution >= 4 is 5.91 Å². The molecule has 2 heterocycles. The van der Waals surface area contributed by atoms with E-state index in [4.69, 9.17) is 4.42 Å². The van der Waals surface area contributed by atoms with E-state index in [2.05, 4.69) is 17.2 Å². The molecular weight excluding hydrogens is 290 g/mol. The minimum Gasteiger partial charge on any atom is -0.441 e. The zero-order valence-electron chi connectivity index (χ0n) is 13.5. The van der Waals surface area contributed by atoms with Gasteiger partial charge in [0.05, 0.1) is 6.20 Å². The Morgan fingerprint density at radius 3 is 3.00 bits per heavy atom. The topological polar surface area (TPSA) is 58.4 Å². The summed E-state index contributed by atoms with van der Waals surface area (Å²) in [5, 5.41) is 3.30. The first-order valence-corrected chi connectivity index (χ1v) is 8.24. The van der Waals surface area contributed by atoms with E-state index in [-0.39, 0.29) is 11.9 Å². The largest absolute Gasteiger partial charge is 0.441 e. The molecule has 1 fully saturated rings. The molecular formula is C18H23N3O2. The Balaban J connectivity index is 1.49. The first kappa shape index (κ1) is 15.7. The van der Waals surface area contributed by atoms with Crippen LogP contribution in [-0.4, -0.2) is 41.5 Å². The van der Waals surface area contributed by atoms with E-state index < -0.39 is 0 Å². The highest BCUT2D eigenvalue weighted by atomic mass is 16.4. The molecule has 0 radical (unpaired) electrons. The predicted octanol–water partition coefficient (Wildman–Crippen LogP) is 2.48. The molecule has 1 unspecified atom stereocenters. The van der Waals surface area contributed by atoms with Crippen molar-refractivity contribution in [1.82, 2.24) is 15.2 Å². The van der Waals surface area contributed by atoms with Crippen LogP contribution >= 0.6 is 0 Å². The van der Waals surface area contributed by atoms with Crippen molar-refractivity contribution in [1.29, 1.82) is 0 Å². The molecule has 1 saturated heterocycles. The quantitative estimate of drug-likeness (QED) is 0.921. The van der Waals surface area contributed by atoms with Crippen LogP contribution in [0.2, 0.25) is 0 Å². The van der Waals surface area contributed by atoms with Gasteiger partial charge in [0, 0.05) is 44.1 Å². The zero-order chi connectivity index (χ0) is 16.1. The highest BCUT2D eigenvalue weighted by Crippen LogP contribution is 2.20. The number of carbonyl (C=O) groups excluding carboxylic acids is 1. The fourth-order valence-electron chi connectivity index (χ4n) is 2.91. The first-order valence-electron chi connectivity index (χ1n) is 8.24. The Kier molecular flexibility index (Phi) is 5.08. The van der Waals surface area contributed by atoms with E-state index in [1.54, 1.807) is 6.20 Å². The number of aromatic nitrogens is 1. The minimum absolute atomic E-state index is 0.230. The summed E-state index contributed by atoms with van der Waals surface area (Å²) in [5.74, 6) is 1.71. The summed E-state index contributed by atoms with van der Waals surface area (Å²) < 4.78 is 5.77. The van der Waals surface area contributed by atoms with Crippen LogP contribution in [0.15, 0.2) is 40.9 Å². The Morgan fingerprint density at radius 2 is 2.22 bits per heavy atom. The summed E-state index contributed by atoms with van der Waals surface area (Å²) in [6.45, 7) is 4.66. The molecule has 1 aliphatic rings. The SMILES string of the molecule is CC1CNCCN1C(=O)CCCc1ncc(-c2ccccc2)o1. The zero-order valence-corrected chi connectivity index (χ0v) is 13.5. The normalized spacial score (nSPS) is 18.1. The number of benzene rings is 1. The number of rotatable bonds is 5. The maximum absolute atomic E-state index is 12.3. The molecule has 1 aromatic heterocycles. The van der Waals surface area contributed by atoms with Gasteiger partial charge in [-0.3, -0.25) is 4.79 Å². The molecule has 1 N–H and O–H groups in total. The second kappa shape index (κ2) is 7.42. The molecule has 5 nitrogen and oxygen atoms in total. The standard InChI is InChI=1S/C18H23N3O2/c1-14-12-19-10-11-21(14)18(22)9-5-8-17-20-13-16(23-17)15-6-3-2-4-7-15/h2-4,6-7,13-14,19H,5,8-12H2,1H3. The summed E-state index contributed by atoms with van der Waals surface area (Å²) in [6.07, 6.45) is 3.77. The smallest absolute Gasteiger partial charge is 0.222 e. The monoisotopic (exact) mass is 313 g/mol. The molecule has 3 rings (SSSR count). The number of amides is 1. The average molecular weight is 313 g/mol. The van der Waals surface area contributed by atoms with Crippen molar-refractivity contribution in [3.8, 4) is 11.3 Å². The van der Waals surface area contributed by atoms with Gasteiger partial charge in [-0.15, -0.1) is 0 Å². The number of nitrogens with zero attached hydrogens (tertiary/aromatic N) is 2. The van der Waals surface area contributed by atoms with E-state index >= 15 is 0 Å². The fraction of sp³-hybridized carbons (Fsp3) is 0.444. The lowest BCUT2D eigenvalue weighted by Crippen LogP contribution is -2.52. The lowest BCUT2D eigenvalue weighted by Gasteiger charge is -2.34. The third-order valence-corrected chi connectivity index (χ3v) is 4.21. The molecule has 0 saturated carbocycles. The van der Waals surface area contributed by atoms with Gasteiger partial charge in [-0.2, -0.15) is 0 Å². The van der Waals surface area contributed by atoms with Crippen LogP contribution in [0.25, 0.3) is 11.3 Å². The lowest BCUT2D eigenvalue weighted by molar-refractivity contribution is -0.134. The van der Waals surface area contributed by atoms with Crippen molar-refractivity contribution < 1.29 is 9.21 Å². The number of nitrogens with one attached hydrogen (secondary N) is 1. The summed E-state index contributed by atoms with van der Waals surface area (Å²) >= 11 is 0. The minimum atomic E-state index is 0.230. The number of oxazole rings is 1. The second-order valence-electron chi connectivity index (χ2n) is 5.98. The van der Waals surface area contributed by atoms with Gasteiger partial charge in [0.2, 0.25) is 5.91 Å². The molecule has 122 valence electrons. The second-order valence-corrected chi connectivity index (χ2v) is 5.98. The third-order valence-electron chi connectivity index (χ3n) is 4.21. The summed E-state index contributed by atoms with van der Waals surface area (Å²) in [6, 6.07) is 10.2. The summed E-state index contributed by atoms with van der Waals surface area (Å²) in [7, 11) is 0. The highest BCUT2D eigenvalue weighted by molar-refractivity contribution is 5.76. The number of aryl methyl sites for hydroxylation is 1. The lowest BCUT2D eigenvalue weighted by atomic mass is 10.1. The van der Waals surface area contributed by atoms with Crippen molar-refractivity contribution in [3.05, 3.63) is 42.4 Å². The molecule has 0 bridgehead atoms. The van der Waals surface area contributed by atoms with Crippen molar-refractivity contribution in [2.24, 2.45) is 0 Å². The Bertz CT molecular complexity index is 639. The van der Waals surface area contributed by atoms with Gasteiger partial charge in [-0.25, -0.2) is 4.98 Å². The number of piperazine rings is 1. The van der Waals surface area contributed by atoms with Gasteiger partial charge >= 0.3 is 0 Å². The Morgan fingerprint density at radius 1 is 1.39 bits per heavy atom. The molecule has 1 aromatic carbocycles. The van der Waals surface area contributed by atoms with E-state index in [1.807, 2.05) is 35.2 Å². The predicted molar refractivity (Wildman–Crippen MR) is 88.9 cm³/mol. The van der Waals surface area contributed by atoms with Crippen molar-refractivity contribution in [2.75, 3.05) is 19.6 Å². The van der Waals surface area contributed by atoms with Gasteiger partial charge < -0.3 is 14.6 Å². The van der Waals surface area contributed by atoms with E-state index in [0.29, 0.717) is 18.7 Å². The first-order chi connectivity index (χ1) is 11.2. The van der Waals surface area contributed by atoms with Crippen LogP contribution in [-0.2, 0) is 11.2 Å². The molecule has 0 aliphatic carbocycles. The van der Waals surface area contributed by atoms with Crippen LogP contribution in [0.4, 0.5) is 0 Å². The van der Waals surface area contributed by atoms with Crippen molar-refractivity contribution in [2.45, 2.75) is 32.2 Å². The summed E-state index contributed by atoms with van der Waals surface area (Å²) in [4.78, 5) is 18.6. The van der Waals surface area contributed by atoms with Crippen LogP contribution in [0.5, 0.6) is 0 Å². The van der Waals surface area contributed by atoms with Crippen LogP contribution in [0.3, 0.4) is 0 Å². The van der Waals surface area contributed by atoms with Gasteiger partial charge in [-0.05, 0) is 13.3 Å².